The second-order valence-electron chi connectivity index (χ2n) is 4.89. The van der Waals surface area contributed by atoms with Crippen molar-refractivity contribution < 1.29 is 9.59 Å². The van der Waals surface area contributed by atoms with Crippen molar-refractivity contribution in [1.29, 1.82) is 0 Å². The molecule has 0 bridgehead atoms. The zero-order chi connectivity index (χ0) is 16.7. The number of hydrogen-bond acceptors (Lipinski definition) is 4. The molecule has 8 heteroatoms. The molecule has 0 unspecified atom stereocenters. The van der Waals surface area contributed by atoms with Crippen molar-refractivity contribution in [3.05, 3.63) is 41.0 Å². The van der Waals surface area contributed by atoms with Gasteiger partial charge >= 0.3 is 0 Å². The first-order valence-corrected chi connectivity index (χ1v) is 7.66. The van der Waals surface area contributed by atoms with Gasteiger partial charge in [-0.2, -0.15) is 0 Å². The third kappa shape index (κ3) is 5.37. The van der Waals surface area contributed by atoms with Crippen LogP contribution in [-0.2, 0) is 22.6 Å². The summed E-state index contributed by atoms with van der Waals surface area (Å²) in [4.78, 5) is 23.1. The van der Waals surface area contributed by atoms with Gasteiger partial charge < -0.3 is 10.6 Å². The summed E-state index contributed by atoms with van der Waals surface area (Å²) in [6.45, 7) is 2.26. The lowest BCUT2D eigenvalue weighted by molar-refractivity contribution is -0.121. The van der Waals surface area contributed by atoms with Crippen molar-refractivity contribution in [2.45, 2.75) is 26.3 Å². The van der Waals surface area contributed by atoms with Gasteiger partial charge in [-0.05, 0) is 18.1 Å². The highest BCUT2D eigenvalue weighted by molar-refractivity contribution is 6.31. The Kier molecular flexibility index (Phi) is 6.10. The van der Waals surface area contributed by atoms with Crippen LogP contribution in [0.4, 0.5) is 5.82 Å². The maximum absolute atomic E-state index is 11.9. The molecule has 0 fully saturated rings. The van der Waals surface area contributed by atoms with Crippen LogP contribution in [-0.4, -0.2) is 33.4 Å². The Morgan fingerprint density at radius 2 is 2.04 bits per heavy atom. The van der Waals surface area contributed by atoms with Crippen LogP contribution in [0, 0.1) is 0 Å². The molecular weight excluding hydrogens is 318 g/mol. The van der Waals surface area contributed by atoms with Crippen LogP contribution in [0.3, 0.4) is 0 Å². The molecule has 1 heterocycles. The standard InChI is InChI=1S/C15H18ClN5O2/c1-2-14(22)18-13-9-21(20-19-13)10-15(23)17-8-7-11-5-3-4-6-12(11)16/h3-6,9H,2,7-8,10H2,1H3,(H,17,23)(H,18,22). The Labute approximate surface area is 139 Å². The van der Waals surface area contributed by atoms with E-state index in [0.29, 0.717) is 30.2 Å². The summed E-state index contributed by atoms with van der Waals surface area (Å²) in [6.07, 6.45) is 2.52. The van der Waals surface area contributed by atoms with Crippen molar-refractivity contribution in [3.63, 3.8) is 0 Å². The number of nitrogens with zero attached hydrogens (tertiary/aromatic N) is 3. The van der Waals surface area contributed by atoms with Gasteiger partial charge in [-0.25, -0.2) is 4.68 Å². The molecule has 23 heavy (non-hydrogen) atoms. The first kappa shape index (κ1) is 17.0. The maximum atomic E-state index is 11.9. The van der Waals surface area contributed by atoms with Gasteiger partial charge in [-0.1, -0.05) is 41.9 Å². The van der Waals surface area contributed by atoms with E-state index in [1.165, 1.54) is 10.9 Å². The predicted molar refractivity (Wildman–Crippen MR) is 87.1 cm³/mol. The van der Waals surface area contributed by atoms with Gasteiger partial charge in [0.05, 0.1) is 6.20 Å². The van der Waals surface area contributed by atoms with E-state index < -0.39 is 0 Å². The van der Waals surface area contributed by atoms with E-state index in [0.717, 1.165) is 5.56 Å². The molecule has 1 aromatic heterocycles. The number of carbonyl (C=O) groups is 2. The first-order valence-electron chi connectivity index (χ1n) is 7.28. The van der Waals surface area contributed by atoms with Gasteiger partial charge in [-0.3, -0.25) is 9.59 Å². The van der Waals surface area contributed by atoms with Gasteiger partial charge in [0.1, 0.15) is 6.54 Å². The van der Waals surface area contributed by atoms with Crippen LogP contribution < -0.4 is 10.6 Å². The minimum atomic E-state index is -0.185. The van der Waals surface area contributed by atoms with Crippen LogP contribution in [0.25, 0.3) is 0 Å². The molecule has 1 aromatic carbocycles. The molecule has 0 radical (unpaired) electrons. The second-order valence-corrected chi connectivity index (χ2v) is 5.30. The van der Waals surface area contributed by atoms with E-state index in [-0.39, 0.29) is 18.4 Å². The molecule has 0 saturated carbocycles. The van der Waals surface area contributed by atoms with Gasteiger partial charge in [0, 0.05) is 18.0 Å². The molecule has 0 aliphatic heterocycles. The SMILES string of the molecule is CCC(=O)Nc1cn(CC(=O)NCCc2ccccc2Cl)nn1. The Hall–Kier alpha value is -2.41. The third-order valence-corrected chi connectivity index (χ3v) is 3.48. The molecule has 0 aliphatic carbocycles. The number of anilines is 1. The van der Waals surface area contributed by atoms with Crippen LogP contribution in [0.1, 0.15) is 18.9 Å². The van der Waals surface area contributed by atoms with E-state index in [9.17, 15) is 9.59 Å². The van der Waals surface area contributed by atoms with Crippen molar-refractivity contribution in [1.82, 2.24) is 20.3 Å². The van der Waals surface area contributed by atoms with Crippen LogP contribution in [0.2, 0.25) is 5.02 Å². The van der Waals surface area contributed by atoms with Crippen molar-refractivity contribution in [3.8, 4) is 0 Å². The fourth-order valence-corrected chi connectivity index (χ4v) is 2.14. The molecule has 0 atom stereocenters. The minimum Gasteiger partial charge on any atom is -0.354 e. The Morgan fingerprint density at radius 1 is 1.26 bits per heavy atom. The summed E-state index contributed by atoms with van der Waals surface area (Å²) in [5.41, 5.74) is 0.986. The van der Waals surface area contributed by atoms with Gasteiger partial charge in [0.2, 0.25) is 11.8 Å². The molecule has 2 rings (SSSR count). The number of hydrogen-bond donors (Lipinski definition) is 2. The smallest absolute Gasteiger partial charge is 0.241 e. The summed E-state index contributed by atoms with van der Waals surface area (Å²) in [5.74, 6) is -0.00252. The fraction of sp³-hybridized carbons (Fsp3) is 0.333. The third-order valence-electron chi connectivity index (χ3n) is 3.11. The zero-order valence-electron chi connectivity index (χ0n) is 12.8. The number of nitrogens with one attached hydrogen (secondary N) is 2. The van der Waals surface area contributed by atoms with Crippen LogP contribution in [0.15, 0.2) is 30.5 Å². The molecule has 2 N–H and O–H groups in total. The van der Waals surface area contributed by atoms with E-state index in [1.807, 2.05) is 24.3 Å². The molecule has 0 saturated heterocycles. The van der Waals surface area contributed by atoms with Gasteiger partial charge in [-0.15, -0.1) is 5.10 Å². The number of benzene rings is 1. The summed E-state index contributed by atoms with van der Waals surface area (Å²) >= 11 is 6.06. The summed E-state index contributed by atoms with van der Waals surface area (Å²) in [5, 5.41) is 13.6. The quantitative estimate of drug-likeness (QED) is 0.805. The van der Waals surface area contributed by atoms with E-state index in [4.69, 9.17) is 11.6 Å². The topological polar surface area (TPSA) is 88.9 Å². The largest absolute Gasteiger partial charge is 0.354 e. The minimum absolute atomic E-state index is 0.0392. The van der Waals surface area contributed by atoms with Crippen molar-refractivity contribution >= 4 is 29.2 Å². The van der Waals surface area contributed by atoms with E-state index >= 15 is 0 Å². The highest BCUT2D eigenvalue weighted by atomic mass is 35.5. The molecule has 2 amide bonds. The Bertz CT molecular complexity index is 686. The lowest BCUT2D eigenvalue weighted by Crippen LogP contribution is -2.29. The number of halogens is 1. The first-order chi connectivity index (χ1) is 11.1. The maximum Gasteiger partial charge on any atom is 0.241 e. The number of rotatable bonds is 7. The molecule has 122 valence electrons. The second kappa shape index (κ2) is 8.28. The molecule has 2 aromatic rings. The Balaban J connectivity index is 1.77. The molecule has 7 nitrogen and oxygen atoms in total. The monoisotopic (exact) mass is 335 g/mol. The molecule has 0 aliphatic rings. The predicted octanol–water partition coefficient (Wildman–Crippen LogP) is 1.64. The average Bonchev–Trinajstić information content (AvgIpc) is 2.96. The summed E-state index contributed by atoms with van der Waals surface area (Å²) in [7, 11) is 0. The lowest BCUT2D eigenvalue weighted by Gasteiger charge is -2.06. The zero-order valence-corrected chi connectivity index (χ0v) is 13.5. The van der Waals surface area contributed by atoms with E-state index in [1.54, 1.807) is 6.92 Å². The van der Waals surface area contributed by atoms with Crippen LogP contribution >= 0.6 is 11.6 Å². The van der Waals surface area contributed by atoms with Crippen molar-refractivity contribution in [2.24, 2.45) is 0 Å². The van der Waals surface area contributed by atoms with Crippen molar-refractivity contribution in [2.75, 3.05) is 11.9 Å². The van der Waals surface area contributed by atoms with Gasteiger partial charge in [0.15, 0.2) is 5.82 Å². The Morgan fingerprint density at radius 3 is 2.78 bits per heavy atom. The number of carbonyl (C=O) groups excluding carboxylic acids is 2. The van der Waals surface area contributed by atoms with Crippen LogP contribution in [0.5, 0.6) is 0 Å². The fourth-order valence-electron chi connectivity index (χ4n) is 1.90. The van der Waals surface area contributed by atoms with Gasteiger partial charge in [0.25, 0.3) is 0 Å². The summed E-state index contributed by atoms with van der Waals surface area (Å²) < 4.78 is 1.37. The highest BCUT2D eigenvalue weighted by Crippen LogP contribution is 2.14. The molecular formula is C15H18ClN5O2. The summed E-state index contributed by atoms with van der Waals surface area (Å²) in [6, 6.07) is 7.52. The number of aromatic nitrogens is 3. The normalized spacial score (nSPS) is 10.3. The van der Waals surface area contributed by atoms with E-state index in [2.05, 4.69) is 20.9 Å². The average molecular weight is 336 g/mol. The molecule has 0 spiro atoms. The highest BCUT2D eigenvalue weighted by Gasteiger charge is 2.08. The number of amides is 2. The lowest BCUT2D eigenvalue weighted by atomic mass is 10.1.